The topological polar surface area (TPSA) is 61.0 Å². The van der Waals surface area contributed by atoms with E-state index < -0.39 is 0 Å². The predicted molar refractivity (Wildman–Crippen MR) is 79.0 cm³/mol. The smallest absolute Gasteiger partial charge is 0.237 e. The lowest BCUT2D eigenvalue weighted by Gasteiger charge is -2.09. The minimum Gasteiger partial charge on any atom is -0.437 e. The Balaban J connectivity index is 2.00. The van der Waals surface area contributed by atoms with Crippen molar-refractivity contribution in [2.75, 3.05) is 0 Å². The summed E-state index contributed by atoms with van der Waals surface area (Å²) >= 11 is 6.17. The van der Waals surface area contributed by atoms with Gasteiger partial charge in [0, 0.05) is 22.3 Å². The van der Waals surface area contributed by atoms with Gasteiger partial charge >= 0.3 is 0 Å². The predicted octanol–water partition coefficient (Wildman–Crippen LogP) is 3.53. The summed E-state index contributed by atoms with van der Waals surface area (Å²) in [6, 6.07) is 11.4. The van der Waals surface area contributed by atoms with Crippen molar-refractivity contribution < 1.29 is 4.74 Å². The van der Waals surface area contributed by atoms with E-state index in [1.54, 1.807) is 18.5 Å². The van der Waals surface area contributed by atoms with E-state index in [1.165, 1.54) is 0 Å². The Labute approximate surface area is 121 Å². The molecular weight excluding hydrogens is 274 g/mol. The zero-order valence-electron chi connectivity index (χ0n) is 10.6. The Kier molecular flexibility index (Phi) is 3.50. The van der Waals surface area contributed by atoms with Gasteiger partial charge in [-0.1, -0.05) is 35.9 Å². The average Bonchev–Trinajstić information content (AvgIpc) is 2.51. The van der Waals surface area contributed by atoms with E-state index in [1.807, 2.05) is 30.3 Å². The molecule has 0 spiro atoms. The molecule has 0 fully saturated rings. The normalized spacial score (nSPS) is 10.7. The first-order chi connectivity index (χ1) is 9.78. The molecule has 5 heteroatoms. The SMILES string of the molecule is NCc1cnc(Oc2ccc(Cl)c3ccccc23)cn1. The highest BCUT2D eigenvalue weighted by Crippen LogP contribution is 2.33. The van der Waals surface area contributed by atoms with Gasteiger partial charge < -0.3 is 10.5 Å². The van der Waals surface area contributed by atoms with Gasteiger partial charge in [0.1, 0.15) is 5.75 Å². The highest BCUT2D eigenvalue weighted by Gasteiger charge is 2.07. The molecule has 4 nitrogen and oxygen atoms in total. The van der Waals surface area contributed by atoms with Crippen molar-refractivity contribution in [1.29, 1.82) is 0 Å². The number of fused-ring (bicyclic) bond motifs is 1. The van der Waals surface area contributed by atoms with Gasteiger partial charge in [-0.2, -0.15) is 0 Å². The summed E-state index contributed by atoms with van der Waals surface area (Å²) in [4.78, 5) is 8.33. The van der Waals surface area contributed by atoms with E-state index in [0.717, 1.165) is 16.5 Å². The summed E-state index contributed by atoms with van der Waals surface area (Å²) in [5.41, 5.74) is 6.21. The van der Waals surface area contributed by atoms with Crippen LogP contribution in [0, 0.1) is 0 Å². The summed E-state index contributed by atoms with van der Waals surface area (Å²) in [5.74, 6) is 1.12. The second-order valence-corrected chi connectivity index (χ2v) is 4.65. The molecule has 0 aliphatic heterocycles. The van der Waals surface area contributed by atoms with Crippen molar-refractivity contribution in [2.24, 2.45) is 5.73 Å². The summed E-state index contributed by atoms with van der Waals surface area (Å²) in [7, 11) is 0. The van der Waals surface area contributed by atoms with Gasteiger partial charge in [0.05, 0.1) is 18.1 Å². The molecule has 0 bridgehead atoms. The van der Waals surface area contributed by atoms with Crippen LogP contribution >= 0.6 is 11.6 Å². The molecule has 3 aromatic rings. The molecule has 0 radical (unpaired) electrons. The van der Waals surface area contributed by atoms with Crippen LogP contribution in [0.5, 0.6) is 11.6 Å². The first-order valence-electron chi connectivity index (χ1n) is 6.14. The van der Waals surface area contributed by atoms with Crippen LogP contribution in [0.15, 0.2) is 48.8 Å². The van der Waals surface area contributed by atoms with E-state index >= 15 is 0 Å². The van der Waals surface area contributed by atoms with Crippen LogP contribution in [0.1, 0.15) is 5.69 Å². The molecule has 3 rings (SSSR count). The van der Waals surface area contributed by atoms with Gasteiger partial charge in [-0.3, -0.25) is 4.98 Å². The maximum Gasteiger partial charge on any atom is 0.237 e. The number of nitrogens with two attached hydrogens (primary N) is 1. The molecular formula is C15H12ClN3O. The Hall–Kier alpha value is -2.17. The van der Waals surface area contributed by atoms with E-state index in [4.69, 9.17) is 22.1 Å². The Morgan fingerprint density at radius 3 is 2.50 bits per heavy atom. The Morgan fingerprint density at radius 2 is 1.80 bits per heavy atom. The lowest BCUT2D eigenvalue weighted by Crippen LogP contribution is -2.00. The molecule has 100 valence electrons. The van der Waals surface area contributed by atoms with E-state index in [0.29, 0.717) is 23.2 Å². The van der Waals surface area contributed by atoms with Gasteiger partial charge in [-0.25, -0.2) is 4.98 Å². The highest BCUT2D eigenvalue weighted by atomic mass is 35.5. The van der Waals surface area contributed by atoms with E-state index in [9.17, 15) is 0 Å². The van der Waals surface area contributed by atoms with Gasteiger partial charge in [0.2, 0.25) is 5.88 Å². The molecule has 0 aliphatic carbocycles. The maximum absolute atomic E-state index is 6.17. The van der Waals surface area contributed by atoms with Crippen molar-refractivity contribution in [3.05, 3.63) is 59.5 Å². The molecule has 0 saturated heterocycles. The maximum atomic E-state index is 6.17. The van der Waals surface area contributed by atoms with Crippen LogP contribution < -0.4 is 10.5 Å². The third-order valence-corrected chi connectivity index (χ3v) is 3.27. The van der Waals surface area contributed by atoms with Crippen molar-refractivity contribution in [1.82, 2.24) is 9.97 Å². The van der Waals surface area contributed by atoms with Gasteiger partial charge in [0.25, 0.3) is 0 Å². The quantitative estimate of drug-likeness (QED) is 0.799. The van der Waals surface area contributed by atoms with Gasteiger partial charge in [-0.15, -0.1) is 0 Å². The zero-order valence-corrected chi connectivity index (χ0v) is 11.3. The average molecular weight is 286 g/mol. The molecule has 2 N–H and O–H groups in total. The Bertz CT molecular complexity index is 744. The number of nitrogens with zero attached hydrogens (tertiary/aromatic N) is 2. The van der Waals surface area contributed by atoms with Crippen LogP contribution in [0.4, 0.5) is 0 Å². The van der Waals surface area contributed by atoms with Crippen LogP contribution in [0.2, 0.25) is 5.02 Å². The Morgan fingerprint density at radius 1 is 1.00 bits per heavy atom. The molecule has 1 aromatic heterocycles. The standard InChI is InChI=1S/C15H12ClN3O/c16-13-5-6-14(12-4-2-1-3-11(12)13)20-15-9-18-10(7-17)8-19-15/h1-6,8-9H,7,17H2. The van der Waals surface area contributed by atoms with Gasteiger partial charge in [0.15, 0.2) is 0 Å². The number of hydrogen-bond donors (Lipinski definition) is 1. The number of rotatable bonds is 3. The molecule has 20 heavy (non-hydrogen) atoms. The van der Waals surface area contributed by atoms with Crippen LogP contribution in [0.3, 0.4) is 0 Å². The second kappa shape index (κ2) is 5.45. The molecule has 0 unspecified atom stereocenters. The molecule has 1 heterocycles. The number of benzene rings is 2. The van der Waals surface area contributed by atoms with E-state index in [2.05, 4.69) is 9.97 Å². The number of halogens is 1. The van der Waals surface area contributed by atoms with Crippen LogP contribution in [-0.4, -0.2) is 9.97 Å². The molecule has 0 saturated carbocycles. The highest BCUT2D eigenvalue weighted by molar-refractivity contribution is 6.35. The summed E-state index contributed by atoms with van der Waals surface area (Å²) < 4.78 is 5.77. The van der Waals surface area contributed by atoms with Crippen molar-refractivity contribution in [3.63, 3.8) is 0 Å². The first kappa shape index (κ1) is 12.8. The number of ether oxygens (including phenoxy) is 1. The van der Waals surface area contributed by atoms with E-state index in [-0.39, 0.29) is 0 Å². The van der Waals surface area contributed by atoms with Crippen molar-refractivity contribution >= 4 is 22.4 Å². The largest absolute Gasteiger partial charge is 0.437 e. The fourth-order valence-electron chi connectivity index (χ4n) is 1.94. The monoisotopic (exact) mass is 285 g/mol. The third kappa shape index (κ3) is 2.43. The van der Waals surface area contributed by atoms with Gasteiger partial charge in [-0.05, 0) is 12.1 Å². The lowest BCUT2D eigenvalue weighted by molar-refractivity contribution is 0.464. The summed E-state index contributed by atoms with van der Waals surface area (Å²) in [6.07, 6.45) is 3.17. The van der Waals surface area contributed by atoms with Crippen molar-refractivity contribution in [2.45, 2.75) is 6.54 Å². The van der Waals surface area contributed by atoms with Crippen LogP contribution in [0.25, 0.3) is 10.8 Å². The van der Waals surface area contributed by atoms with Crippen LogP contribution in [-0.2, 0) is 6.54 Å². The van der Waals surface area contributed by atoms with Crippen molar-refractivity contribution in [3.8, 4) is 11.6 Å². The minimum absolute atomic E-state index is 0.358. The zero-order chi connectivity index (χ0) is 13.9. The summed E-state index contributed by atoms with van der Waals surface area (Å²) in [6.45, 7) is 0.358. The lowest BCUT2D eigenvalue weighted by atomic mass is 10.1. The summed E-state index contributed by atoms with van der Waals surface area (Å²) in [5, 5.41) is 2.57. The second-order valence-electron chi connectivity index (χ2n) is 4.24. The molecule has 0 amide bonds. The minimum atomic E-state index is 0.358. The fraction of sp³-hybridized carbons (Fsp3) is 0.0667. The number of aromatic nitrogens is 2. The number of hydrogen-bond acceptors (Lipinski definition) is 4. The molecule has 2 aromatic carbocycles. The third-order valence-electron chi connectivity index (χ3n) is 2.94. The fourth-order valence-corrected chi connectivity index (χ4v) is 2.17. The first-order valence-corrected chi connectivity index (χ1v) is 6.52. The molecule has 0 aliphatic rings. The molecule has 0 atom stereocenters.